The Morgan fingerprint density at radius 3 is 2.85 bits per heavy atom. The number of nitrogen functional groups attached to an aromatic ring is 1. The van der Waals surface area contributed by atoms with Crippen LogP contribution in [0.3, 0.4) is 0 Å². The average molecular weight is 319 g/mol. The molecule has 0 spiro atoms. The van der Waals surface area contributed by atoms with Gasteiger partial charge in [-0.1, -0.05) is 0 Å². The van der Waals surface area contributed by atoms with Crippen molar-refractivity contribution in [3.8, 4) is 0 Å². The van der Waals surface area contributed by atoms with Gasteiger partial charge in [-0.15, -0.1) is 0 Å². The molecule has 1 aliphatic heterocycles. The van der Waals surface area contributed by atoms with E-state index in [4.69, 9.17) is 15.2 Å². The quantitative estimate of drug-likeness (QED) is 0.814. The maximum absolute atomic E-state index is 12.3. The lowest BCUT2D eigenvalue weighted by molar-refractivity contribution is -0.0818. The third-order valence-corrected chi connectivity index (χ3v) is 6.58. The minimum Gasteiger partial charge on any atom is -0.382 e. The second-order valence-electron chi connectivity index (χ2n) is 4.92. The molecule has 1 aliphatic carbocycles. The zero-order chi connectivity index (χ0) is 14.2. The molecule has 7 nitrogen and oxygen atoms in total. The summed E-state index contributed by atoms with van der Waals surface area (Å²) in [7, 11) is -3.35. The fourth-order valence-corrected chi connectivity index (χ4v) is 4.98. The van der Waals surface area contributed by atoms with Crippen LogP contribution < -0.4 is 11.1 Å². The number of nitrogens with two attached hydrogens (primary N) is 1. The van der Waals surface area contributed by atoms with E-state index in [1.54, 1.807) is 0 Å². The zero-order valence-electron chi connectivity index (χ0n) is 10.9. The fraction of sp³-hybridized carbons (Fsp3) is 0.727. The molecule has 1 saturated carbocycles. The van der Waals surface area contributed by atoms with Gasteiger partial charge in [-0.05, 0) is 24.4 Å². The summed E-state index contributed by atoms with van der Waals surface area (Å²) in [5, 5.41) is 3.29. The zero-order valence-corrected chi connectivity index (χ0v) is 12.5. The Labute approximate surface area is 121 Å². The molecule has 20 heavy (non-hydrogen) atoms. The molecule has 3 rings (SSSR count). The SMILES string of the molecule is Nc1nsc(NCC2COCCO2)c1S(=O)(=O)C1CC1. The summed E-state index contributed by atoms with van der Waals surface area (Å²) >= 11 is 1.08. The number of anilines is 2. The van der Waals surface area contributed by atoms with Gasteiger partial charge >= 0.3 is 0 Å². The van der Waals surface area contributed by atoms with Crippen molar-refractivity contribution in [1.29, 1.82) is 0 Å². The molecule has 1 aromatic heterocycles. The van der Waals surface area contributed by atoms with Crippen LogP contribution in [-0.2, 0) is 19.3 Å². The van der Waals surface area contributed by atoms with Crippen molar-refractivity contribution in [2.45, 2.75) is 29.1 Å². The first-order valence-electron chi connectivity index (χ1n) is 6.51. The Morgan fingerprint density at radius 2 is 2.20 bits per heavy atom. The molecule has 2 fully saturated rings. The summed E-state index contributed by atoms with van der Waals surface area (Å²) in [4.78, 5) is 0.154. The van der Waals surface area contributed by atoms with Gasteiger partial charge in [0.05, 0.1) is 31.2 Å². The molecule has 0 aromatic carbocycles. The van der Waals surface area contributed by atoms with Crippen LogP contribution in [0, 0.1) is 0 Å². The van der Waals surface area contributed by atoms with Crippen LogP contribution in [0.15, 0.2) is 4.90 Å². The highest BCUT2D eigenvalue weighted by atomic mass is 32.2. The Bertz CT molecular complexity index is 576. The molecule has 112 valence electrons. The summed E-state index contributed by atoms with van der Waals surface area (Å²) in [5.74, 6) is 0.0882. The summed E-state index contributed by atoms with van der Waals surface area (Å²) in [6.45, 7) is 2.15. The van der Waals surface area contributed by atoms with Crippen molar-refractivity contribution < 1.29 is 17.9 Å². The predicted molar refractivity (Wildman–Crippen MR) is 75.8 cm³/mol. The molecule has 9 heteroatoms. The van der Waals surface area contributed by atoms with E-state index in [2.05, 4.69) is 9.69 Å². The lowest BCUT2D eigenvalue weighted by Gasteiger charge is -2.23. The Kier molecular flexibility index (Phi) is 3.85. The van der Waals surface area contributed by atoms with Gasteiger partial charge in [0.1, 0.15) is 9.90 Å². The molecule has 0 bridgehead atoms. The number of nitrogens with one attached hydrogen (secondary N) is 1. The first-order chi connectivity index (χ1) is 9.59. The molecule has 1 atom stereocenters. The molecule has 2 heterocycles. The summed E-state index contributed by atoms with van der Waals surface area (Å²) in [6.07, 6.45) is 1.33. The third-order valence-electron chi connectivity index (χ3n) is 3.30. The van der Waals surface area contributed by atoms with Crippen molar-refractivity contribution >= 4 is 32.2 Å². The smallest absolute Gasteiger partial charge is 0.187 e. The second kappa shape index (κ2) is 5.47. The van der Waals surface area contributed by atoms with Gasteiger partial charge in [-0.25, -0.2) is 8.42 Å². The van der Waals surface area contributed by atoms with Gasteiger partial charge < -0.3 is 20.5 Å². The largest absolute Gasteiger partial charge is 0.382 e. The van der Waals surface area contributed by atoms with Crippen LogP contribution in [0.25, 0.3) is 0 Å². The van der Waals surface area contributed by atoms with Gasteiger partial charge in [0, 0.05) is 6.54 Å². The molecule has 0 radical (unpaired) electrons. The molecular formula is C11H17N3O4S2. The number of aromatic nitrogens is 1. The van der Waals surface area contributed by atoms with Crippen molar-refractivity contribution in [3.63, 3.8) is 0 Å². The lowest BCUT2D eigenvalue weighted by Crippen LogP contribution is -2.34. The van der Waals surface area contributed by atoms with Gasteiger partial charge in [0.2, 0.25) is 0 Å². The molecule has 1 unspecified atom stereocenters. The van der Waals surface area contributed by atoms with E-state index in [9.17, 15) is 8.42 Å². The van der Waals surface area contributed by atoms with E-state index in [-0.39, 0.29) is 22.1 Å². The van der Waals surface area contributed by atoms with Gasteiger partial charge in [0.25, 0.3) is 0 Å². The van der Waals surface area contributed by atoms with E-state index < -0.39 is 9.84 Å². The average Bonchev–Trinajstić information content (AvgIpc) is 3.22. The fourth-order valence-electron chi connectivity index (χ4n) is 2.09. The van der Waals surface area contributed by atoms with Gasteiger partial charge in [-0.3, -0.25) is 0 Å². The van der Waals surface area contributed by atoms with E-state index in [1.807, 2.05) is 0 Å². The number of hydrogen-bond acceptors (Lipinski definition) is 8. The Balaban J connectivity index is 1.73. The monoisotopic (exact) mass is 319 g/mol. The van der Waals surface area contributed by atoms with Crippen LogP contribution in [0.1, 0.15) is 12.8 Å². The number of hydrogen-bond donors (Lipinski definition) is 2. The minimum absolute atomic E-state index is 0.0800. The van der Waals surface area contributed by atoms with E-state index >= 15 is 0 Å². The standard InChI is InChI=1S/C11H17N3O4S2/c12-10-9(20(15,16)8-1-2-8)11(19-14-10)13-5-7-6-17-3-4-18-7/h7-8,13H,1-6H2,(H2,12,14). The predicted octanol–water partition coefficient (Wildman–Crippen LogP) is 0.489. The number of sulfone groups is 1. The molecule has 2 aliphatic rings. The van der Waals surface area contributed by atoms with Crippen molar-refractivity contribution in [1.82, 2.24) is 4.37 Å². The number of ether oxygens (including phenoxy) is 2. The van der Waals surface area contributed by atoms with E-state index in [0.717, 1.165) is 11.5 Å². The maximum atomic E-state index is 12.3. The van der Waals surface area contributed by atoms with Crippen molar-refractivity contribution in [2.75, 3.05) is 37.4 Å². The van der Waals surface area contributed by atoms with Crippen LogP contribution >= 0.6 is 11.5 Å². The highest BCUT2D eigenvalue weighted by Crippen LogP contribution is 2.40. The van der Waals surface area contributed by atoms with Crippen LogP contribution in [0.5, 0.6) is 0 Å². The molecule has 0 amide bonds. The summed E-state index contributed by atoms with van der Waals surface area (Å²) < 4.78 is 39.4. The maximum Gasteiger partial charge on any atom is 0.187 e. The van der Waals surface area contributed by atoms with Crippen LogP contribution in [0.2, 0.25) is 0 Å². The normalized spacial score (nSPS) is 23.7. The summed E-state index contributed by atoms with van der Waals surface area (Å²) in [6, 6.07) is 0. The Hall–Kier alpha value is -0.900. The molecule has 1 saturated heterocycles. The van der Waals surface area contributed by atoms with Gasteiger partial charge in [0.15, 0.2) is 15.7 Å². The molecule has 1 aromatic rings. The minimum atomic E-state index is -3.35. The highest BCUT2D eigenvalue weighted by molar-refractivity contribution is 7.92. The second-order valence-corrected chi connectivity index (χ2v) is 7.86. The van der Waals surface area contributed by atoms with Crippen LogP contribution in [0.4, 0.5) is 10.8 Å². The topological polar surface area (TPSA) is 104 Å². The number of rotatable bonds is 5. The van der Waals surface area contributed by atoms with Crippen LogP contribution in [-0.4, -0.2) is 50.5 Å². The van der Waals surface area contributed by atoms with Gasteiger partial charge in [-0.2, -0.15) is 4.37 Å². The highest BCUT2D eigenvalue weighted by Gasteiger charge is 2.40. The summed E-state index contributed by atoms with van der Waals surface area (Å²) in [5.41, 5.74) is 5.73. The van der Waals surface area contributed by atoms with E-state index in [1.165, 1.54) is 0 Å². The first kappa shape index (κ1) is 14.1. The number of nitrogens with zero attached hydrogens (tertiary/aromatic N) is 1. The van der Waals surface area contributed by atoms with E-state index in [0.29, 0.717) is 44.2 Å². The molecule has 3 N–H and O–H groups in total. The Morgan fingerprint density at radius 1 is 1.40 bits per heavy atom. The lowest BCUT2D eigenvalue weighted by atomic mass is 10.3. The van der Waals surface area contributed by atoms with Crippen molar-refractivity contribution in [3.05, 3.63) is 0 Å². The first-order valence-corrected chi connectivity index (χ1v) is 8.83. The molecular weight excluding hydrogens is 302 g/mol. The third kappa shape index (κ3) is 2.76. The van der Waals surface area contributed by atoms with Crippen molar-refractivity contribution in [2.24, 2.45) is 0 Å².